The molecule has 7 aromatic carbocycles. The molecule has 0 bridgehead atoms. The van der Waals surface area contributed by atoms with Gasteiger partial charge in [0.05, 0.1) is 0 Å². The van der Waals surface area contributed by atoms with Gasteiger partial charge in [-0.3, -0.25) is 0 Å². The van der Waals surface area contributed by atoms with Gasteiger partial charge in [-0.05, 0) is 88.3 Å². The van der Waals surface area contributed by atoms with Crippen LogP contribution >= 0.6 is 0 Å². The number of hydrogen-bond acceptors (Lipinski definition) is 0. The van der Waals surface area contributed by atoms with Crippen molar-refractivity contribution in [1.82, 2.24) is 0 Å². The Kier molecular flexibility index (Phi) is 5.00. The molecule has 0 saturated heterocycles. The maximum absolute atomic E-state index is 2.33. The summed E-state index contributed by atoms with van der Waals surface area (Å²) >= 11 is 0. The monoisotopic (exact) mass is 494 g/mol. The van der Waals surface area contributed by atoms with Gasteiger partial charge >= 0.3 is 0 Å². The van der Waals surface area contributed by atoms with Crippen LogP contribution in [0.2, 0.25) is 0 Å². The molecule has 9 rings (SSSR count). The standard InChI is InChI=1S/C26H16.C13H10/c1-2-10-20-19(6-1)16-25-21(20)11-5-12-22(25)23-15-14-18-8-3-7-17-9-4-13-24(23)26(17)18;1-4-10-6-2-8-12-9-3-7-11(5-1)13(10)12/h1-16H;1-8H,9H2. The summed E-state index contributed by atoms with van der Waals surface area (Å²) in [4.78, 5) is 0. The summed E-state index contributed by atoms with van der Waals surface area (Å²) in [7, 11) is 0. The Morgan fingerprint density at radius 3 is 2.00 bits per heavy atom. The molecule has 2 aliphatic carbocycles. The molecule has 0 unspecified atom stereocenters. The lowest BCUT2D eigenvalue weighted by atomic mass is 9.93. The molecule has 0 aliphatic heterocycles. The molecular formula is C39H26. The first-order valence-electron chi connectivity index (χ1n) is 13.7. The number of allylic oxidation sites excluding steroid dienone is 1. The van der Waals surface area contributed by atoms with Crippen LogP contribution in [0.25, 0.3) is 55.6 Å². The summed E-state index contributed by atoms with van der Waals surface area (Å²) in [6.07, 6.45) is 7.86. The van der Waals surface area contributed by atoms with E-state index in [1.54, 1.807) is 0 Å². The third kappa shape index (κ3) is 3.53. The normalized spacial score (nSPS) is 13.5. The quantitative estimate of drug-likeness (QED) is 0.197. The molecule has 0 fully saturated rings. The highest BCUT2D eigenvalue weighted by atomic mass is 14.2. The van der Waals surface area contributed by atoms with Crippen LogP contribution in [0.1, 0.15) is 16.7 Å². The zero-order valence-corrected chi connectivity index (χ0v) is 21.6. The molecule has 0 N–H and O–H groups in total. The van der Waals surface area contributed by atoms with Crippen molar-refractivity contribution in [3.8, 4) is 11.1 Å². The highest BCUT2D eigenvalue weighted by molar-refractivity contribution is 6.10. The zero-order valence-electron chi connectivity index (χ0n) is 21.6. The van der Waals surface area contributed by atoms with Crippen molar-refractivity contribution in [3.63, 3.8) is 0 Å². The van der Waals surface area contributed by atoms with E-state index in [2.05, 4.69) is 146 Å². The molecule has 0 heterocycles. The fourth-order valence-electron chi connectivity index (χ4n) is 6.52. The van der Waals surface area contributed by atoms with Crippen molar-refractivity contribution in [3.05, 3.63) is 166 Å². The molecule has 0 amide bonds. The Hall–Kier alpha value is -4.94. The van der Waals surface area contributed by atoms with Gasteiger partial charge in [-0.15, -0.1) is 0 Å². The van der Waals surface area contributed by atoms with E-state index in [0.29, 0.717) is 0 Å². The van der Waals surface area contributed by atoms with Gasteiger partial charge in [-0.25, -0.2) is 0 Å². The van der Waals surface area contributed by atoms with E-state index in [1.807, 2.05) is 0 Å². The summed E-state index contributed by atoms with van der Waals surface area (Å²) in [5.41, 5.74) is 6.80. The van der Waals surface area contributed by atoms with Crippen molar-refractivity contribution in [1.29, 1.82) is 0 Å². The molecule has 0 spiro atoms. The van der Waals surface area contributed by atoms with Crippen LogP contribution in [-0.4, -0.2) is 0 Å². The fourth-order valence-corrected chi connectivity index (χ4v) is 6.52. The highest BCUT2D eigenvalue weighted by Gasteiger charge is 2.12. The molecule has 0 aromatic heterocycles. The number of benzene rings is 7. The molecule has 0 saturated carbocycles. The van der Waals surface area contributed by atoms with E-state index in [4.69, 9.17) is 0 Å². The van der Waals surface area contributed by atoms with Gasteiger partial charge in [-0.2, -0.15) is 0 Å². The van der Waals surface area contributed by atoms with Gasteiger partial charge in [0.15, 0.2) is 0 Å². The maximum Gasteiger partial charge on any atom is -0.00326 e. The van der Waals surface area contributed by atoms with Crippen LogP contribution in [0.5, 0.6) is 0 Å². The summed E-state index contributed by atoms with van der Waals surface area (Å²) in [6.45, 7) is 0. The Balaban J connectivity index is 0.000000151. The van der Waals surface area contributed by atoms with E-state index < -0.39 is 0 Å². The molecule has 182 valence electrons. The lowest BCUT2D eigenvalue weighted by Crippen LogP contribution is -2.04. The molecular weight excluding hydrogens is 468 g/mol. The lowest BCUT2D eigenvalue weighted by Gasteiger charge is -2.11. The van der Waals surface area contributed by atoms with Crippen LogP contribution < -0.4 is 5.22 Å². The average Bonchev–Trinajstić information content (AvgIpc) is 3.38. The molecule has 0 atom stereocenters. The fraction of sp³-hybridized carbons (Fsp3) is 0.0256. The summed E-state index contributed by atoms with van der Waals surface area (Å²) < 4.78 is 0. The second-order valence-corrected chi connectivity index (χ2v) is 10.5. The van der Waals surface area contributed by atoms with Gasteiger partial charge in [0.2, 0.25) is 0 Å². The maximum atomic E-state index is 2.33. The van der Waals surface area contributed by atoms with Gasteiger partial charge in [0, 0.05) is 0 Å². The van der Waals surface area contributed by atoms with Crippen LogP contribution in [-0.2, 0) is 6.42 Å². The van der Waals surface area contributed by atoms with E-state index in [0.717, 1.165) is 6.42 Å². The number of fused-ring (bicyclic) bond motifs is 3. The van der Waals surface area contributed by atoms with Crippen molar-refractivity contribution in [2.45, 2.75) is 6.42 Å². The summed E-state index contributed by atoms with van der Waals surface area (Å²) in [6, 6.07) is 46.1. The van der Waals surface area contributed by atoms with E-state index >= 15 is 0 Å². The topological polar surface area (TPSA) is 0 Å². The molecule has 0 heteroatoms. The van der Waals surface area contributed by atoms with Crippen molar-refractivity contribution >= 4 is 44.5 Å². The second-order valence-electron chi connectivity index (χ2n) is 10.5. The molecule has 2 aliphatic rings. The second kappa shape index (κ2) is 8.82. The largest absolute Gasteiger partial charge is 0.0795 e. The minimum atomic E-state index is 1.08. The first-order valence-corrected chi connectivity index (χ1v) is 13.7. The average molecular weight is 495 g/mol. The van der Waals surface area contributed by atoms with Crippen LogP contribution in [0, 0.1) is 10.4 Å². The Bertz CT molecular complexity index is 2220. The molecule has 39 heavy (non-hydrogen) atoms. The summed E-state index contributed by atoms with van der Waals surface area (Å²) in [5.74, 6) is 0. The Morgan fingerprint density at radius 2 is 1.10 bits per heavy atom. The third-order valence-electron chi connectivity index (χ3n) is 8.26. The van der Waals surface area contributed by atoms with Crippen molar-refractivity contribution < 1.29 is 0 Å². The van der Waals surface area contributed by atoms with Crippen molar-refractivity contribution in [2.75, 3.05) is 0 Å². The van der Waals surface area contributed by atoms with Crippen molar-refractivity contribution in [2.24, 2.45) is 0 Å². The van der Waals surface area contributed by atoms with Gasteiger partial charge in [-0.1, -0.05) is 140 Å². The lowest BCUT2D eigenvalue weighted by molar-refractivity contribution is 1.29. The molecule has 7 aromatic rings. The Morgan fingerprint density at radius 1 is 0.436 bits per heavy atom. The Labute approximate surface area is 227 Å². The van der Waals surface area contributed by atoms with Crippen LogP contribution in [0.3, 0.4) is 0 Å². The highest BCUT2D eigenvalue weighted by Crippen LogP contribution is 2.30. The molecule has 0 nitrogen and oxygen atoms in total. The summed E-state index contributed by atoms with van der Waals surface area (Å²) in [5, 5.41) is 12.1. The minimum absolute atomic E-state index is 1.08. The first kappa shape index (κ1) is 22.1. The predicted octanol–water partition coefficient (Wildman–Crippen LogP) is 9.22. The SMILES string of the molecule is C1=Cc2cccc3cccc(c23)C1.C1=c2c(cccc2=c2ccc3cccc4cccc2c43)-c2ccccc21. The third-order valence-corrected chi connectivity index (χ3v) is 8.26. The first-order chi connectivity index (χ1) is 19.3. The van der Waals surface area contributed by atoms with Gasteiger partial charge in [0.1, 0.15) is 0 Å². The van der Waals surface area contributed by atoms with Crippen LogP contribution in [0.4, 0.5) is 0 Å². The smallest absolute Gasteiger partial charge is 0.00326 e. The van der Waals surface area contributed by atoms with E-state index in [-0.39, 0.29) is 0 Å². The van der Waals surface area contributed by atoms with Gasteiger partial charge < -0.3 is 0 Å². The minimum Gasteiger partial charge on any atom is -0.0795 e. The zero-order chi connectivity index (χ0) is 25.8. The number of hydrogen-bond donors (Lipinski definition) is 0. The van der Waals surface area contributed by atoms with Gasteiger partial charge in [0.25, 0.3) is 0 Å². The van der Waals surface area contributed by atoms with E-state index in [9.17, 15) is 0 Å². The molecule has 0 radical (unpaired) electrons. The van der Waals surface area contributed by atoms with E-state index in [1.165, 1.54) is 75.8 Å². The van der Waals surface area contributed by atoms with Crippen LogP contribution in [0.15, 0.2) is 133 Å². The predicted molar refractivity (Wildman–Crippen MR) is 166 cm³/mol. The number of rotatable bonds is 0.